The summed E-state index contributed by atoms with van der Waals surface area (Å²) in [6.07, 6.45) is 3.33. The van der Waals surface area contributed by atoms with E-state index in [9.17, 15) is 4.79 Å². The lowest BCUT2D eigenvalue weighted by atomic mass is 9.81. The molecule has 118 valence electrons. The van der Waals surface area contributed by atoms with Crippen molar-refractivity contribution >= 4 is 12.0 Å². The van der Waals surface area contributed by atoms with Gasteiger partial charge in [-0.05, 0) is 39.0 Å². The summed E-state index contributed by atoms with van der Waals surface area (Å²) in [5.41, 5.74) is 6.11. The van der Waals surface area contributed by atoms with Crippen LogP contribution >= 0.6 is 0 Å². The maximum Gasteiger partial charge on any atom is 0.410 e. The van der Waals surface area contributed by atoms with Crippen LogP contribution in [0, 0.1) is 5.41 Å². The number of hydrogen-bond acceptors (Lipinski definition) is 4. The highest BCUT2D eigenvalue weighted by Crippen LogP contribution is 2.39. The van der Waals surface area contributed by atoms with Crippen molar-refractivity contribution in [3.05, 3.63) is 11.9 Å². The lowest BCUT2D eigenvalue weighted by Crippen LogP contribution is -2.47. The first-order valence-corrected chi connectivity index (χ1v) is 7.37. The standard InChI is InChI=1S/C15H26N4O2/c1-14(2,3)21-13(20)19-9-15(4,5)7-6-11(19)10-8-17-12(16)18-10/h8,11H,6-7,9H2,1-5H3,(H3,16,17,18). The number of carbonyl (C=O) groups excluding carboxylic acids is 1. The molecule has 0 aliphatic carbocycles. The van der Waals surface area contributed by atoms with Crippen LogP contribution in [0.1, 0.15) is 59.2 Å². The van der Waals surface area contributed by atoms with Crippen molar-refractivity contribution in [1.29, 1.82) is 0 Å². The Morgan fingerprint density at radius 2 is 2.19 bits per heavy atom. The second-order valence-electron chi connectivity index (χ2n) is 7.55. The zero-order valence-corrected chi connectivity index (χ0v) is 13.6. The van der Waals surface area contributed by atoms with Crippen molar-refractivity contribution in [1.82, 2.24) is 14.9 Å². The number of nitrogen functional groups attached to an aromatic ring is 1. The molecule has 0 spiro atoms. The van der Waals surface area contributed by atoms with Crippen LogP contribution in [0.15, 0.2) is 6.20 Å². The molecule has 0 aromatic carbocycles. The minimum Gasteiger partial charge on any atom is -0.444 e. The number of rotatable bonds is 1. The average Bonchev–Trinajstić information content (AvgIpc) is 2.72. The molecule has 1 saturated heterocycles. The minimum atomic E-state index is -0.504. The summed E-state index contributed by atoms with van der Waals surface area (Å²) in [6, 6.07) is -0.0577. The van der Waals surface area contributed by atoms with Crippen LogP contribution in [-0.2, 0) is 4.74 Å². The number of ether oxygens (including phenoxy) is 1. The molecule has 0 bridgehead atoms. The molecule has 21 heavy (non-hydrogen) atoms. The number of nitrogens with one attached hydrogen (secondary N) is 1. The summed E-state index contributed by atoms with van der Waals surface area (Å²) in [6.45, 7) is 10.6. The number of aromatic amines is 1. The Balaban J connectivity index is 2.23. The van der Waals surface area contributed by atoms with Gasteiger partial charge in [-0.15, -0.1) is 0 Å². The van der Waals surface area contributed by atoms with Crippen LogP contribution in [0.5, 0.6) is 0 Å². The topological polar surface area (TPSA) is 84.2 Å². The van der Waals surface area contributed by atoms with Gasteiger partial charge in [0.2, 0.25) is 0 Å². The minimum absolute atomic E-state index is 0.0577. The van der Waals surface area contributed by atoms with Gasteiger partial charge in [-0.1, -0.05) is 13.8 Å². The van der Waals surface area contributed by atoms with E-state index in [2.05, 4.69) is 23.8 Å². The molecule has 1 aliphatic heterocycles. The van der Waals surface area contributed by atoms with Crippen molar-refractivity contribution in [2.75, 3.05) is 12.3 Å². The van der Waals surface area contributed by atoms with Crippen molar-refractivity contribution in [3.8, 4) is 0 Å². The highest BCUT2D eigenvalue weighted by Gasteiger charge is 2.39. The second-order valence-corrected chi connectivity index (χ2v) is 7.55. The highest BCUT2D eigenvalue weighted by molar-refractivity contribution is 5.69. The van der Waals surface area contributed by atoms with Gasteiger partial charge in [0.05, 0.1) is 17.9 Å². The first-order chi connectivity index (χ1) is 9.57. The van der Waals surface area contributed by atoms with Crippen LogP contribution in [0.4, 0.5) is 10.7 Å². The van der Waals surface area contributed by atoms with Gasteiger partial charge in [0.25, 0.3) is 0 Å². The zero-order valence-electron chi connectivity index (χ0n) is 13.6. The van der Waals surface area contributed by atoms with Gasteiger partial charge < -0.3 is 15.5 Å². The Kier molecular flexibility index (Phi) is 3.91. The first kappa shape index (κ1) is 15.7. The van der Waals surface area contributed by atoms with Gasteiger partial charge in [-0.3, -0.25) is 4.90 Å². The van der Waals surface area contributed by atoms with E-state index in [1.165, 1.54) is 0 Å². The molecule has 0 saturated carbocycles. The van der Waals surface area contributed by atoms with Crippen molar-refractivity contribution < 1.29 is 9.53 Å². The Morgan fingerprint density at radius 1 is 1.52 bits per heavy atom. The quantitative estimate of drug-likeness (QED) is 0.833. The summed E-state index contributed by atoms with van der Waals surface area (Å²) in [5.74, 6) is 0.374. The van der Waals surface area contributed by atoms with E-state index >= 15 is 0 Å². The number of nitrogens with two attached hydrogens (primary N) is 1. The molecule has 1 atom stereocenters. The van der Waals surface area contributed by atoms with Crippen molar-refractivity contribution in [2.24, 2.45) is 5.41 Å². The Hall–Kier alpha value is -1.72. The van der Waals surface area contributed by atoms with Crippen LogP contribution in [0.2, 0.25) is 0 Å². The molecular weight excluding hydrogens is 268 g/mol. The molecule has 1 aromatic rings. The lowest BCUT2D eigenvalue weighted by molar-refractivity contribution is -0.00855. The predicted octanol–water partition coefficient (Wildman–Crippen LogP) is 3.09. The third kappa shape index (κ3) is 3.89. The van der Waals surface area contributed by atoms with Crippen LogP contribution in [0.3, 0.4) is 0 Å². The monoisotopic (exact) mass is 294 g/mol. The number of likely N-dealkylation sites (tertiary alicyclic amines) is 1. The number of H-pyrrole nitrogens is 1. The molecule has 6 heteroatoms. The van der Waals surface area contributed by atoms with E-state index in [-0.39, 0.29) is 17.6 Å². The first-order valence-electron chi connectivity index (χ1n) is 7.37. The van der Waals surface area contributed by atoms with Crippen LogP contribution < -0.4 is 5.73 Å². The number of carbonyl (C=O) groups is 1. The number of aromatic nitrogens is 2. The molecule has 1 unspecified atom stereocenters. The highest BCUT2D eigenvalue weighted by atomic mass is 16.6. The molecule has 2 rings (SSSR count). The molecule has 3 N–H and O–H groups in total. The molecule has 1 aromatic heterocycles. The molecule has 6 nitrogen and oxygen atoms in total. The summed E-state index contributed by atoms with van der Waals surface area (Å²) in [7, 11) is 0. The van der Waals surface area contributed by atoms with Crippen LogP contribution in [0.25, 0.3) is 0 Å². The van der Waals surface area contributed by atoms with E-state index in [0.717, 1.165) is 18.5 Å². The molecule has 0 radical (unpaired) electrons. The summed E-state index contributed by atoms with van der Waals surface area (Å²) in [5, 5.41) is 0. The van der Waals surface area contributed by atoms with Gasteiger partial charge in [0, 0.05) is 6.54 Å². The third-order valence-corrected chi connectivity index (χ3v) is 3.67. The van der Waals surface area contributed by atoms with Crippen LogP contribution in [-0.4, -0.2) is 33.1 Å². The maximum absolute atomic E-state index is 12.5. The molecule has 1 amide bonds. The number of anilines is 1. The van der Waals surface area contributed by atoms with Gasteiger partial charge >= 0.3 is 6.09 Å². The fourth-order valence-electron chi connectivity index (χ4n) is 2.69. The number of imidazole rings is 1. The smallest absolute Gasteiger partial charge is 0.410 e. The van der Waals surface area contributed by atoms with Crippen molar-refractivity contribution in [3.63, 3.8) is 0 Å². The Bertz CT molecular complexity index is 516. The van der Waals surface area contributed by atoms with E-state index in [1.54, 1.807) is 11.1 Å². The molecule has 1 aliphatic rings. The van der Waals surface area contributed by atoms with E-state index in [4.69, 9.17) is 10.5 Å². The molecular formula is C15H26N4O2. The fourth-order valence-corrected chi connectivity index (χ4v) is 2.69. The van der Waals surface area contributed by atoms with Gasteiger partial charge in [0.15, 0.2) is 5.95 Å². The summed E-state index contributed by atoms with van der Waals surface area (Å²) < 4.78 is 5.55. The molecule has 1 fully saturated rings. The maximum atomic E-state index is 12.5. The number of piperidine rings is 1. The second kappa shape index (κ2) is 5.24. The van der Waals surface area contributed by atoms with Crippen molar-refractivity contribution in [2.45, 2.75) is 59.1 Å². The fraction of sp³-hybridized carbons (Fsp3) is 0.733. The Morgan fingerprint density at radius 3 is 2.71 bits per heavy atom. The third-order valence-electron chi connectivity index (χ3n) is 3.67. The number of nitrogens with zero attached hydrogens (tertiary/aromatic N) is 2. The SMILES string of the molecule is CC1(C)CCC(c2cnc(N)[nH]2)N(C(=O)OC(C)(C)C)C1. The zero-order chi connectivity index (χ0) is 15.8. The Labute approximate surface area is 126 Å². The van der Waals surface area contributed by atoms with E-state index in [1.807, 2.05) is 20.8 Å². The summed E-state index contributed by atoms with van der Waals surface area (Å²) in [4.78, 5) is 21.4. The summed E-state index contributed by atoms with van der Waals surface area (Å²) >= 11 is 0. The van der Waals surface area contributed by atoms with E-state index < -0.39 is 5.60 Å². The number of hydrogen-bond donors (Lipinski definition) is 2. The lowest BCUT2D eigenvalue weighted by Gasteiger charge is -2.43. The predicted molar refractivity (Wildman–Crippen MR) is 81.7 cm³/mol. The number of amides is 1. The van der Waals surface area contributed by atoms with Gasteiger partial charge in [-0.2, -0.15) is 0 Å². The average molecular weight is 294 g/mol. The van der Waals surface area contributed by atoms with Gasteiger partial charge in [0.1, 0.15) is 5.60 Å². The van der Waals surface area contributed by atoms with E-state index in [0.29, 0.717) is 12.5 Å². The normalized spacial score (nSPS) is 22.1. The largest absolute Gasteiger partial charge is 0.444 e. The molecule has 2 heterocycles. The van der Waals surface area contributed by atoms with Gasteiger partial charge in [-0.25, -0.2) is 9.78 Å².